The Kier molecular flexibility index (Phi) is 9.51. The van der Waals surface area contributed by atoms with E-state index in [-0.39, 0.29) is 29.4 Å². The predicted octanol–water partition coefficient (Wildman–Crippen LogP) is 2.82. The summed E-state index contributed by atoms with van der Waals surface area (Å²) in [6, 6.07) is 10.8. The molecule has 38 heavy (non-hydrogen) atoms. The lowest BCUT2D eigenvalue weighted by Gasteiger charge is -2.22. The van der Waals surface area contributed by atoms with Gasteiger partial charge in [0.15, 0.2) is 5.84 Å². The van der Waals surface area contributed by atoms with Crippen LogP contribution >= 0.6 is 0 Å². The van der Waals surface area contributed by atoms with Crippen molar-refractivity contribution in [2.45, 2.75) is 65.1 Å². The average molecular weight is 526 g/mol. The molecule has 0 aliphatic heterocycles. The zero-order valence-electron chi connectivity index (χ0n) is 22.8. The van der Waals surface area contributed by atoms with Crippen LogP contribution in [-0.4, -0.2) is 53.2 Å². The van der Waals surface area contributed by atoms with E-state index < -0.39 is 11.7 Å². The molecule has 6 N–H and O–H groups in total. The third-order valence-electron chi connectivity index (χ3n) is 6.01. The number of nitrogens with two attached hydrogens (primary N) is 2. The highest BCUT2D eigenvalue weighted by Gasteiger charge is 2.28. The maximum absolute atomic E-state index is 12.8. The van der Waals surface area contributed by atoms with Crippen molar-refractivity contribution in [3.05, 3.63) is 58.9 Å². The molecule has 11 nitrogen and oxygen atoms in total. The van der Waals surface area contributed by atoms with Crippen molar-refractivity contribution in [1.29, 1.82) is 0 Å². The molecule has 1 aliphatic carbocycles. The van der Waals surface area contributed by atoms with Crippen LogP contribution in [0.5, 0.6) is 5.75 Å². The van der Waals surface area contributed by atoms with Crippen LogP contribution in [0, 0.1) is 12.8 Å². The van der Waals surface area contributed by atoms with Gasteiger partial charge in [0.05, 0.1) is 13.7 Å². The van der Waals surface area contributed by atoms with Gasteiger partial charge in [0, 0.05) is 23.8 Å². The maximum atomic E-state index is 12.8. The van der Waals surface area contributed by atoms with E-state index in [2.05, 4.69) is 20.7 Å². The Labute approximate surface area is 223 Å². The maximum Gasteiger partial charge on any atom is 0.407 e. The van der Waals surface area contributed by atoms with E-state index in [0.717, 1.165) is 30.6 Å². The molecule has 0 spiro atoms. The third-order valence-corrected chi connectivity index (χ3v) is 6.01. The van der Waals surface area contributed by atoms with E-state index in [4.69, 9.17) is 21.1 Å². The van der Waals surface area contributed by atoms with E-state index in [1.807, 2.05) is 45.0 Å². The topological polar surface area (TPSA) is 157 Å². The molecule has 1 fully saturated rings. The fourth-order valence-corrected chi connectivity index (χ4v) is 4.34. The minimum atomic E-state index is -0.537. The lowest BCUT2D eigenvalue weighted by atomic mass is 10.1. The SMILES string of the molecule is COc1cccc(CNC(=O)c2cc(/C(N)=N/N(N)CC3CCC(NC(=O)OC(C)(C)C)C3)cc(C)n2)c1. The number of hydrazine groups is 1. The summed E-state index contributed by atoms with van der Waals surface area (Å²) in [5, 5.41) is 11.4. The zero-order chi connectivity index (χ0) is 27.9. The lowest BCUT2D eigenvalue weighted by molar-refractivity contribution is 0.0504. The molecule has 0 radical (unpaired) electrons. The molecule has 0 bridgehead atoms. The molecule has 206 valence electrons. The summed E-state index contributed by atoms with van der Waals surface area (Å²) in [7, 11) is 1.60. The quantitative estimate of drug-likeness (QED) is 0.168. The average Bonchev–Trinajstić information content (AvgIpc) is 3.26. The van der Waals surface area contributed by atoms with Crippen molar-refractivity contribution >= 4 is 17.8 Å². The van der Waals surface area contributed by atoms with E-state index in [1.165, 1.54) is 5.12 Å². The number of hydrazone groups is 1. The van der Waals surface area contributed by atoms with Crippen LogP contribution in [0.15, 0.2) is 41.5 Å². The number of hydrogen-bond donors (Lipinski definition) is 4. The van der Waals surface area contributed by atoms with E-state index >= 15 is 0 Å². The lowest BCUT2D eigenvalue weighted by Crippen LogP contribution is -2.38. The molecule has 2 unspecified atom stereocenters. The molecule has 2 aromatic rings. The number of carbonyl (C=O) groups is 2. The summed E-state index contributed by atoms with van der Waals surface area (Å²) >= 11 is 0. The van der Waals surface area contributed by atoms with Crippen LogP contribution in [-0.2, 0) is 11.3 Å². The van der Waals surface area contributed by atoms with Crippen molar-refractivity contribution in [3.63, 3.8) is 0 Å². The van der Waals surface area contributed by atoms with Gasteiger partial charge in [-0.1, -0.05) is 12.1 Å². The molecule has 1 aromatic carbocycles. The predicted molar refractivity (Wildman–Crippen MR) is 145 cm³/mol. The summed E-state index contributed by atoms with van der Waals surface area (Å²) in [5.41, 5.74) is 8.02. The third kappa shape index (κ3) is 8.91. The number of methoxy groups -OCH3 is 1. The summed E-state index contributed by atoms with van der Waals surface area (Å²) in [6.45, 7) is 8.09. The number of benzene rings is 1. The van der Waals surface area contributed by atoms with Crippen LogP contribution in [0.4, 0.5) is 4.79 Å². The molecular formula is C27H39N7O4. The normalized spacial score (nSPS) is 17.6. The zero-order valence-corrected chi connectivity index (χ0v) is 22.8. The summed E-state index contributed by atoms with van der Waals surface area (Å²) in [5.74, 6) is 6.96. The Balaban J connectivity index is 1.56. The van der Waals surface area contributed by atoms with Crippen molar-refractivity contribution in [2.75, 3.05) is 13.7 Å². The Bertz CT molecular complexity index is 1160. The molecule has 11 heteroatoms. The molecule has 0 saturated heterocycles. The van der Waals surface area contributed by atoms with Crippen LogP contribution < -0.4 is 26.9 Å². The Morgan fingerprint density at radius 1 is 1.21 bits per heavy atom. The second kappa shape index (κ2) is 12.6. The second-order valence-corrected chi connectivity index (χ2v) is 10.5. The Morgan fingerprint density at radius 3 is 2.68 bits per heavy atom. The van der Waals surface area contributed by atoms with Gasteiger partial charge < -0.3 is 25.8 Å². The van der Waals surface area contributed by atoms with Gasteiger partial charge in [-0.3, -0.25) is 4.79 Å². The summed E-state index contributed by atoms with van der Waals surface area (Å²) < 4.78 is 10.6. The highest BCUT2D eigenvalue weighted by atomic mass is 16.6. The monoisotopic (exact) mass is 525 g/mol. The highest BCUT2D eigenvalue weighted by molar-refractivity contribution is 6.00. The Morgan fingerprint density at radius 2 is 1.97 bits per heavy atom. The number of carbonyl (C=O) groups excluding carboxylic acids is 2. The van der Waals surface area contributed by atoms with Gasteiger partial charge in [-0.25, -0.2) is 20.7 Å². The van der Waals surface area contributed by atoms with Gasteiger partial charge in [-0.15, -0.1) is 5.10 Å². The minimum absolute atomic E-state index is 0.0328. The standard InChI is InChI=1S/C27H39N7O4/c1-17-11-20(14-23(31-17)25(35)30-15-18-7-6-8-22(13-18)37-5)24(28)33-34(29)16-19-9-10-21(12-19)32-26(36)38-27(2,3)4/h6-8,11,13-14,19,21H,9-10,12,15-16,29H2,1-5H3,(H2,28,33)(H,30,35)(H,32,36). The fraction of sp³-hybridized carbons (Fsp3) is 0.481. The minimum Gasteiger partial charge on any atom is -0.497 e. The van der Waals surface area contributed by atoms with Crippen molar-refractivity contribution in [2.24, 2.45) is 22.6 Å². The van der Waals surface area contributed by atoms with E-state index in [1.54, 1.807) is 26.2 Å². The second-order valence-electron chi connectivity index (χ2n) is 10.5. The number of pyridine rings is 1. The number of amidine groups is 1. The van der Waals surface area contributed by atoms with Crippen LogP contribution in [0.1, 0.15) is 67.3 Å². The molecule has 2 amide bonds. The number of nitrogens with one attached hydrogen (secondary N) is 2. The number of rotatable bonds is 9. The van der Waals surface area contributed by atoms with Gasteiger partial charge in [-0.2, -0.15) is 0 Å². The first kappa shape index (κ1) is 28.7. The van der Waals surface area contributed by atoms with Crippen LogP contribution in [0.2, 0.25) is 0 Å². The van der Waals surface area contributed by atoms with Crippen molar-refractivity contribution < 1.29 is 19.1 Å². The number of aromatic nitrogens is 1. The van der Waals surface area contributed by atoms with E-state index in [0.29, 0.717) is 24.3 Å². The van der Waals surface area contributed by atoms with Gasteiger partial charge in [-0.05, 0) is 82.7 Å². The molecule has 1 saturated carbocycles. The van der Waals surface area contributed by atoms with Crippen molar-refractivity contribution in [1.82, 2.24) is 20.7 Å². The molecule has 1 aromatic heterocycles. The largest absolute Gasteiger partial charge is 0.497 e. The first-order valence-corrected chi connectivity index (χ1v) is 12.7. The number of aryl methyl sites for hydroxylation is 1. The Hall–Kier alpha value is -3.86. The molecular weight excluding hydrogens is 486 g/mol. The van der Waals surface area contributed by atoms with Crippen LogP contribution in [0.25, 0.3) is 0 Å². The van der Waals surface area contributed by atoms with Crippen molar-refractivity contribution in [3.8, 4) is 5.75 Å². The smallest absolute Gasteiger partial charge is 0.407 e. The molecule has 2 atom stereocenters. The fourth-order valence-electron chi connectivity index (χ4n) is 4.34. The molecule has 1 aliphatic rings. The van der Waals surface area contributed by atoms with Gasteiger partial charge >= 0.3 is 6.09 Å². The number of amides is 2. The number of ether oxygens (including phenoxy) is 2. The summed E-state index contributed by atoms with van der Waals surface area (Å²) in [6.07, 6.45) is 2.10. The van der Waals surface area contributed by atoms with Gasteiger partial charge in [0.25, 0.3) is 5.91 Å². The molecule has 3 rings (SSSR count). The number of nitrogens with zero attached hydrogens (tertiary/aromatic N) is 3. The van der Waals surface area contributed by atoms with E-state index in [9.17, 15) is 9.59 Å². The highest BCUT2D eigenvalue weighted by Crippen LogP contribution is 2.26. The first-order valence-electron chi connectivity index (χ1n) is 12.7. The van der Waals surface area contributed by atoms with Gasteiger partial charge in [0.1, 0.15) is 17.0 Å². The van der Waals surface area contributed by atoms with Gasteiger partial charge in [0.2, 0.25) is 0 Å². The van der Waals surface area contributed by atoms with Crippen LogP contribution in [0.3, 0.4) is 0 Å². The molecule has 1 heterocycles. The number of hydrogen-bond acceptors (Lipinski definition) is 8. The first-order chi connectivity index (χ1) is 17.9. The number of alkyl carbamates (subject to hydrolysis) is 1. The summed E-state index contributed by atoms with van der Waals surface area (Å²) in [4.78, 5) is 29.2.